The number of nitrogens with zero attached hydrogens (tertiary/aromatic N) is 1. The van der Waals surface area contributed by atoms with Gasteiger partial charge in [0.2, 0.25) is 15.9 Å². The quantitative estimate of drug-likeness (QED) is 0.727. The number of hydrogen-bond acceptors (Lipinski definition) is 4. The maximum atomic E-state index is 12.7. The van der Waals surface area contributed by atoms with Crippen LogP contribution in [0.4, 0.5) is 0 Å². The van der Waals surface area contributed by atoms with Crippen molar-refractivity contribution in [1.82, 2.24) is 14.9 Å². The Labute approximate surface area is 159 Å². The number of benzene rings is 1. The number of sulfonamides is 1. The summed E-state index contributed by atoms with van der Waals surface area (Å²) in [6.45, 7) is 4.92. The fraction of sp³-hybridized carbons (Fsp3) is 0.529. The number of amides is 2. The Morgan fingerprint density at radius 2 is 1.92 bits per heavy atom. The third-order valence-electron chi connectivity index (χ3n) is 4.17. The van der Waals surface area contributed by atoms with Crippen molar-refractivity contribution in [3.8, 4) is 0 Å². The average molecular weight is 402 g/mol. The van der Waals surface area contributed by atoms with Crippen LogP contribution in [0.25, 0.3) is 0 Å². The second kappa shape index (κ2) is 8.83. The summed E-state index contributed by atoms with van der Waals surface area (Å²) in [6, 6.07) is 3.36. The number of rotatable bonds is 7. The van der Waals surface area contributed by atoms with E-state index in [0.717, 1.165) is 19.3 Å². The monoisotopic (exact) mass is 401 g/mol. The van der Waals surface area contributed by atoms with Crippen molar-refractivity contribution in [2.45, 2.75) is 44.0 Å². The van der Waals surface area contributed by atoms with Crippen molar-refractivity contribution in [2.75, 3.05) is 19.6 Å². The summed E-state index contributed by atoms with van der Waals surface area (Å²) in [6.07, 6.45) is 2.41. The van der Waals surface area contributed by atoms with Gasteiger partial charge in [-0.15, -0.1) is 0 Å². The van der Waals surface area contributed by atoms with Gasteiger partial charge >= 0.3 is 0 Å². The van der Waals surface area contributed by atoms with Crippen LogP contribution >= 0.6 is 11.6 Å². The molecular weight excluding hydrogens is 378 g/mol. The highest BCUT2D eigenvalue weighted by Crippen LogP contribution is 2.28. The van der Waals surface area contributed by atoms with Crippen molar-refractivity contribution < 1.29 is 18.0 Å². The zero-order valence-corrected chi connectivity index (χ0v) is 16.5. The number of halogens is 1. The van der Waals surface area contributed by atoms with Gasteiger partial charge in [-0.1, -0.05) is 18.5 Å². The van der Waals surface area contributed by atoms with Gasteiger partial charge in [-0.05, 0) is 44.4 Å². The van der Waals surface area contributed by atoms with Crippen LogP contribution in [-0.4, -0.2) is 50.2 Å². The minimum Gasteiger partial charge on any atom is -0.354 e. The molecule has 1 aliphatic rings. The Morgan fingerprint density at radius 1 is 1.27 bits per heavy atom. The molecule has 0 spiro atoms. The molecule has 1 fully saturated rings. The van der Waals surface area contributed by atoms with Gasteiger partial charge in [-0.2, -0.15) is 4.31 Å². The fourth-order valence-corrected chi connectivity index (χ4v) is 4.67. The lowest BCUT2D eigenvalue weighted by Gasteiger charge is -2.18. The minimum atomic E-state index is -3.74. The second-order valence-electron chi connectivity index (χ2n) is 6.24. The van der Waals surface area contributed by atoms with Crippen molar-refractivity contribution in [3.05, 3.63) is 28.8 Å². The van der Waals surface area contributed by atoms with Crippen LogP contribution in [-0.2, 0) is 14.8 Å². The Kier molecular flexibility index (Phi) is 7.02. The lowest BCUT2D eigenvalue weighted by Crippen LogP contribution is -2.45. The van der Waals surface area contributed by atoms with E-state index in [1.54, 1.807) is 6.92 Å². The van der Waals surface area contributed by atoms with Gasteiger partial charge in [0, 0.05) is 25.2 Å². The average Bonchev–Trinajstić information content (AvgIpc) is 3.15. The molecule has 26 heavy (non-hydrogen) atoms. The summed E-state index contributed by atoms with van der Waals surface area (Å²) in [5.41, 5.74) is 0.141. The van der Waals surface area contributed by atoms with Crippen LogP contribution in [0.5, 0.6) is 0 Å². The van der Waals surface area contributed by atoms with E-state index in [1.807, 2.05) is 6.92 Å². The van der Waals surface area contributed by atoms with Crippen molar-refractivity contribution in [3.63, 3.8) is 0 Å². The van der Waals surface area contributed by atoms with E-state index in [-0.39, 0.29) is 21.4 Å². The van der Waals surface area contributed by atoms with E-state index in [2.05, 4.69) is 10.6 Å². The van der Waals surface area contributed by atoms with E-state index < -0.39 is 22.0 Å². The lowest BCUT2D eigenvalue weighted by atomic mass is 10.2. The molecule has 1 aliphatic heterocycles. The number of hydrogen-bond donors (Lipinski definition) is 2. The van der Waals surface area contributed by atoms with Crippen molar-refractivity contribution >= 4 is 33.4 Å². The second-order valence-corrected chi connectivity index (χ2v) is 8.56. The first kappa shape index (κ1) is 20.7. The number of carbonyl (C=O) groups excluding carboxylic acids is 2. The molecule has 1 atom stereocenters. The third kappa shape index (κ3) is 4.75. The zero-order valence-electron chi connectivity index (χ0n) is 14.9. The van der Waals surface area contributed by atoms with Gasteiger partial charge in [0.25, 0.3) is 5.91 Å². The van der Waals surface area contributed by atoms with Crippen molar-refractivity contribution in [2.24, 2.45) is 0 Å². The maximum Gasteiger partial charge on any atom is 0.251 e. The molecule has 0 radical (unpaired) electrons. The molecule has 2 amide bonds. The van der Waals surface area contributed by atoms with Crippen LogP contribution in [0.3, 0.4) is 0 Å². The summed E-state index contributed by atoms with van der Waals surface area (Å²) in [4.78, 5) is 24.2. The molecule has 7 nitrogen and oxygen atoms in total. The van der Waals surface area contributed by atoms with E-state index in [0.29, 0.717) is 19.6 Å². The number of carbonyl (C=O) groups is 2. The molecule has 1 aromatic carbocycles. The molecule has 2 rings (SSSR count). The van der Waals surface area contributed by atoms with Gasteiger partial charge in [0.05, 0.1) is 5.02 Å². The molecule has 0 saturated carbocycles. The van der Waals surface area contributed by atoms with E-state index >= 15 is 0 Å². The normalized spacial score (nSPS) is 16.3. The van der Waals surface area contributed by atoms with E-state index in [1.165, 1.54) is 22.5 Å². The predicted molar refractivity (Wildman–Crippen MR) is 99.7 cm³/mol. The largest absolute Gasteiger partial charge is 0.354 e. The standard InChI is InChI=1S/C17H24ClN3O4S/c1-3-8-19-16(22)12(2)20-17(23)13-6-7-14(18)15(11-13)26(24,25)21-9-4-5-10-21/h6-7,11-12H,3-5,8-10H2,1-2H3,(H,19,22)(H,20,23). The van der Waals surface area contributed by atoms with Gasteiger partial charge < -0.3 is 10.6 Å². The molecule has 0 aromatic heterocycles. The first-order chi connectivity index (χ1) is 12.3. The van der Waals surface area contributed by atoms with Crippen molar-refractivity contribution in [1.29, 1.82) is 0 Å². The van der Waals surface area contributed by atoms with Crippen LogP contribution < -0.4 is 10.6 Å². The third-order valence-corrected chi connectivity index (χ3v) is 6.55. The molecule has 9 heteroatoms. The molecule has 1 aromatic rings. The van der Waals surface area contributed by atoms with Gasteiger partial charge in [0.1, 0.15) is 10.9 Å². The summed E-state index contributed by atoms with van der Waals surface area (Å²) in [5.74, 6) is -0.822. The molecule has 2 N–H and O–H groups in total. The molecular formula is C17H24ClN3O4S. The fourth-order valence-electron chi connectivity index (χ4n) is 2.66. The Hall–Kier alpha value is -1.64. The SMILES string of the molecule is CCCNC(=O)C(C)NC(=O)c1ccc(Cl)c(S(=O)(=O)N2CCCC2)c1. The van der Waals surface area contributed by atoms with Crippen LogP contribution in [0.1, 0.15) is 43.5 Å². The molecule has 0 bridgehead atoms. The van der Waals surface area contributed by atoms with E-state index in [4.69, 9.17) is 11.6 Å². The Morgan fingerprint density at radius 3 is 2.54 bits per heavy atom. The Balaban J connectivity index is 2.18. The molecule has 1 saturated heterocycles. The zero-order chi connectivity index (χ0) is 19.3. The summed E-state index contributed by atoms with van der Waals surface area (Å²) in [7, 11) is -3.74. The molecule has 144 valence electrons. The first-order valence-electron chi connectivity index (χ1n) is 8.65. The highest BCUT2D eigenvalue weighted by molar-refractivity contribution is 7.89. The topological polar surface area (TPSA) is 95.6 Å². The molecule has 1 unspecified atom stereocenters. The van der Waals surface area contributed by atoms with Crippen LogP contribution in [0.2, 0.25) is 5.02 Å². The summed E-state index contributed by atoms with van der Waals surface area (Å²) in [5, 5.41) is 5.33. The van der Waals surface area contributed by atoms with Gasteiger partial charge in [0.15, 0.2) is 0 Å². The number of nitrogens with one attached hydrogen (secondary N) is 2. The van der Waals surface area contributed by atoms with Crippen LogP contribution in [0, 0.1) is 0 Å². The predicted octanol–water partition coefficient (Wildman–Crippen LogP) is 1.77. The molecule has 1 heterocycles. The van der Waals surface area contributed by atoms with Crippen LogP contribution in [0.15, 0.2) is 23.1 Å². The highest BCUT2D eigenvalue weighted by Gasteiger charge is 2.30. The maximum absolute atomic E-state index is 12.7. The van der Waals surface area contributed by atoms with E-state index in [9.17, 15) is 18.0 Å². The summed E-state index contributed by atoms with van der Waals surface area (Å²) >= 11 is 6.08. The van der Waals surface area contributed by atoms with Gasteiger partial charge in [-0.3, -0.25) is 9.59 Å². The smallest absolute Gasteiger partial charge is 0.251 e. The highest BCUT2D eigenvalue weighted by atomic mass is 35.5. The first-order valence-corrected chi connectivity index (χ1v) is 10.5. The molecule has 0 aliphatic carbocycles. The minimum absolute atomic E-state index is 0.0715. The van der Waals surface area contributed by atoms with Gasteiger partial charge in [-0.25, -0.2) is 8.42 Å². The Bertz CT molecular complexity index is 776. The summed E-state index contributed by atoms with van der Waals surface area (Å²) < 4.78 is 26.8. The lowest BCUT2D eigenvalue weighted by molar-refractivity contribution is -0.122.